The van der Waals surface area contributed by atoms with Crippen LogP contribution in [0.5, 0.6) is 0 Å². The van der Waals surface area contributed by atoms with Crippen molar-refractivity contribution in [2.45, 2.75) is 42.5 Å². The summed E-state index contributed by atoms with van der Waals surface area (Å²) in [5.74, 6) is -1.54. The number of ether oxygens (including phenoxy) is 3. The van der Waals surface area contributed by atoms with Gasteiger partial charge in [-0.15, -0.1) is 0 Å². The Kier molecular flexibility index (Phi) is 3.12. The summed E-state index contributed by atoms with van der Waals surface area (Å²) < 4.78 is 44.1. The summed E-state index contributed by atoms with van der Waals surface area (Å²) in [7, 11) is -3.70. The highest BCUT2D eigenvalue weighted by Crippen LogP contribution is 2.54. The van der Waals surface area contributed by atoms with Crippen molar-refractivity contribution >= 4 is 22.1 Å². The molecule has 0 amide bonds. The summed E-state index contributed by atoms with van der Waals surface area (Å²) in [5, 5.41) is -0.707. The van der Waals surface area contributed by atoms with Gasteiger partial charge < -0.3 is 14.2 Å². The van der Waals surface area contributed by atoms with E-state index in [1.54, 1.807) is 6.92 Å². The number of carbonyl (C=O) groups excluding carboxylic acids is 2. The van der Waals surface area contributed by atoms with E-state index in [-0.39, 0.29) is 6.42 Å². The molecule has 0 aromatic heterocycles. The minimum absolute atomic E-state index is 0.229. The van der Waals surface area contributed by atoms with Gasteiger partial charge in [-0.2, -0.15) is 8.42 Å². The smallest absolute Gasteiger partial charge is 0.344 e. The second-order valence-electron chi connectivity index (χ2n) is 5.35. The van der Waals surface area contributed by atoms with Crippen LogP contribution in [-0.2, 0) is 38.1 Å². The maximum absolute atomic E-state index is 11.8. The number of esters is 2. The van der Waals surface area contributed by atoms with Crippen molar-refractivity contribution in [3.8, 4) is 0 Å². The van der Waals surface area contributed by atoms with E-state index in [1.165, 1.54) is 0 Å². The second kappa shape index (κ2) is 4.52. The molecule has 8 nitrogen and oxygen atoms in total. The van der Waals surface area contributed by atoms with Crippen LogP contribution in [0.1, 0.15) is 13.3 Å². The predicted molar refractivity (Wildman–Crippen MR) is 66.5 cm³/mol. The molecule has 2 bridgehead atoms. The van der Waals surface area contributed by atoms with Crippen molar-refractivity contribution in [2.24, 2.45) is 0 Å². The van der Waals surface area contributed by atoms with Gasteiger partial charge in [0, 0.05) is 6.08 Å². The number of hydrogen-bond acceptors (Lipinski definition) is 8. The van der Waals surface area contributed by atoms with Gasteiger partial charge in [-0.25, -0.2) is 9.59 Å². The van der Waals surface area contributed by atoms with Crippen LogP contribution in [0.25, 0.3) is 0 Å². The predicted octanol–water partition coefficient (Wildman–Crippen LogP) is -0.714. The Morgan fingerprint density at radius 1 is 1.48 bits per heavy atom. The lowest BCUT2D eigenvalue weighted by molar-refractivity contribution is -0.168. The lowest BCUT2D eigenvalue weighted by atomic mass is 9.83. The third kappa shape index (κ3) is 2.07. The van der Waals surface area contributed by atoms with Gasteiger partial charge in [-0.05, 0) is 13.3 Å². The molecule has 5 atom stereocenters. The summed E-state index contributed by atoms with van der Waals surface area (Å²) >= 11 is 0. The highest BCUT2D eigenvalue weighted by atomic mass is 32.2. The molecule has 0 radical (unpaired) electrons. The summed E-state index contributed by atoms with van der Waals surface area (Å²) in [5.41, 5.74) is -1.22. The first-order valence-corrected chi connectivity index (χ1v) is 7.83. The van der Waals surface area contributed by atoms with E-state index in [0.29, 0.717) is 0 Å². The summed E-state index contributed by atoms with van der Waals surface area (Å²) in [6.07, 6.45) is -0.854. The van der Waals surface area contributed by atoms with Crippen LogP contribution in [0.2, 0.25) is 0 Å². The molecule has 0 aromatic carbocycles. The van der Waals surface area contributed by atoms with E-state index in [2.05, 4.69) is 11.3 Å². The second-order valence-corrected chi connectivity index (χ2v) is 7.11. The molecule has 3 fully saturated rings. The molecular formula is C12H14O8S. The van der Waals surface area contributed by atoms with Gasteiger partial charge in [-0.1, -0.05) is 6.58 Å². The van der Waals surface area contributed by atoms with Crippen LogP contribution in [0.3, 0.4) is 0 Å². The number of fused-ring (bicyclic) bond motifs is 1. The molecule has 3 aliphatic heterocycles. The third-order valence-electron chi connectivity index (χ3n) is 4.02. The minimum atomic E-state index is -3.70. The Bertz CT molecular complexity index is 611. The monoisotopic (exact) mass is 318 g/mol. The summed E-state index contributed by atoms with van der Waals surface area (Å²) in [4.78, 5) is 22.6. The van der Waals surface area contributed by atoms with Crippen molar-refractivity contribution in [3.63, 3.8) is 0 Å². The Labute approximate surface area is 121 Å². The Hall–Kier alpha value is -1.45. The fourth-order valence-corrected chi connectivity index (χ4v) is 5.02. The first-order chi connectivity index (χ1) is 9.78. The normalized spacial score (nSPS) is 41.8. The Balaban J connectivity index is 1.69. The molecule has 3 aliphatic rings. The van der Waals surface area contributed by atoms with Gasteiger partial charge in [0.05, 0.1) is 6.10 Å². The quantitative estimate of drug-likeness (QED) is 0.380. The van der Waals surface area contributed by atoms with E-state index in [9.17, 15) is 18.0 Å². The van der Waals surface area contributed by atoms with Gasteiger partial charge in [-0.3, -0.25) is 4.18 Å². The Morgan fingerprint density at radius 3 is 2.86 bits per heavy atom. The molecular weight excluding hydrogens is 304 g/mol. The van der Waals surface area contributed by atoms with Gasteiger partial charge in [0.2, 0.25) is 0 Å². The Morgan fingerprint density at radius 2 is 2.19 bits per heavy atom. The zero-order valence-electron chi connectivity index (χ0n) is 11.2. The molecule has 0 aliphatic carbocycles. The SMILES string of the molecule is C=CC(=O)OCC(=O)OC1C2CC3C(O2)C1(C)OS3(=O)=O. The molecule has 3 saturated heterocycles. The van der Waals surface area contributed by atoms with E-state index in [0.717, 1.165) is 6.08 Å². The van der Waals surface area contributed by atoms with Crippen LogP contribution >= 0.6 is 0 Å². The maximum atomic E-state index is 11.8. The largest absolute Gasteiger partial charge is 0.454 e. The minimum Gasteiger partial charge on any atom is -0.454 e. The molecule has 116 valence electrons. The zero-order valence-corrected chi connectivity index (χ0v) is 12.0. The average Bonchev–Trinajstić information content (AvgIpc) is 2.98. The lowest BCUT2D eigenvalue weighted by Gasteiger charge is -2.30. The van der Waals surface area contributed by atoms with Gasteiger partial charge in [0.25, 0.3) is 10.1 Å². The van der Waals surface area contributed by atoms with Gasteiger partial charge in [0.15, 0.2) is 18.3 Å². The number of carbonyl (C=O) groups is 2. The van der Waals surface area contributed by atoms with Crippen LogP contribution in [-0.4, -0.2) is 56.1 Å². The van der Waals surface area contributed by atoms with E-state index in [4.69, 9.17) is 13.7 Å². The van der Waals surface area contributed by atoms with Gasteiger partial charge in [0.1, 0.15) is 11.4 Å². The van der Waals surface area contributed by atoms with E-state index in [1.807, 2.05) is 0 Å². The molecule has 0 spiro atoms. The molecule has 0 saturated carbocycles. The summed E-state index contributed by atoms with van der Waals surface area (Å²) in [6, 6.07) is 0. The number of hydrogen-bond donors (Lipinski definition) is 0. The number of rotatable bonds is 4. The highest BCUT2D eigenvalue weighted by molar-refractivity contribution is 7.87. The zero-order chi connectivity index (χ0) is 15.4. The van der Waals surface area contributed by atoms with Crippen LogP contribution in [0, 0.1) is 0 Å². The molecule has 21 heavy (non-hydrogen) atoms. The first kappa shape index (κ1) is 14.5. The maximum Gasteiger partial charge on any atom is 0.344 e. The third-order valence-corrected chi connectivity index (χ3v) is 5.79. The average molecular weight is 318 g/mol. The van der Waals surface area contributed by atoms with Crippen LogP contribution in [0.15, 0.2) is 12.7 Å². The van der Waals surface area contributed by atoms with Crippen molar-refractivity contribution in [1.82, 2.24) is 0 Å². The lowest BCUT2D eigenvalue weighted by Crippen LogP contribution is -2.51. The fourth-order valence-electron chi connectivity index (χ4n) is 3.15. The standard InChI is InChI=1S/C12H14O8S/c1-3-8(13)17-5-9(14)19-10-6-4-7-11(18-6)12(10,2)20-21(7,15)16/h3,6-7,10-11H,1,4-5H2,2H3. The van der Waals surface area contributed by atoms with Crippen LogP contribution < -0.4 is 0 Å². The van der Waals surface area contributed by atoms with Crippen molar-refractivity contribution in [3.05, 3.63) is 12.7 Å². The van der Waals surface area contributed by atoms with Crippen molar-refractivity contribution in [1.29, 1.82) is 0 Å². The summed E-state index contributed by atoms with van der Waals surface area (Å²) in [6.45, 7) is 4.16. The molecule has 3 heterocycles. The molecule has 3 rings (SSSR count). The van der Waals surface area contributed by atoms with Crippen LogP contribution in [0.4, 0.5) is 0 Å². The topological polar surface area (TPSA) is 105 Å². The molecule has 0 N–H and O–H groups in total. The van der Waals surface area contributed by atoms with Gasteiger partial charge >= 0.3 is 11.9 Å². The molecule has 0 aromatic rings. The fraction of sp³-hybridized carbons (Fsp3) is 0.667. The van der Waals surface area contributed by atoms with Crippen molar-refractivity contribution in [2.75, 3.05) is 6.61 Å². The molecule has 5 unspecified atom stereocenters. The van der Waals surface area contributed by atoms with E-state index >= 15 is 0 Å². The van der Waals surface area contributed by atoms with Crippen molar-refractivity contribution < 1.29 is 36.4 Å². The molecule has 9 heteroatoms. The first-order valence-electron chi connectivity index (χ1n) is 6.36. The highest BCUT2D eigenvalue weighted by Gasteiger charge is 2.73. The van der Waals surface area contributed by atoms with E-state index < -0.39 is 57.8 Å².